The van der Waals surface area contributed by atoms with Crippen molar-refractivity contribution in [1.82, 2.24) is 19.7 Å². The van der Waals surface area contributed by atoms with Gasteiger partial charge < -0.3 is 4.90 Å². The molecule has 2 aromatic heterocycles. The van der Waals surface area contributed by atoms with E-state index in [1.165, 1.54) is 22.5 Å². The van der Waals surface area contributed by atoms with Crippen molar-refractivity contribution in [2.75, 3.05) is 18.0 Å². The van der Waals surface area contributed by atoms with Crippen LogP contribution in [0.3, 0.4) is 0 Å². The van der Waals surface area contributed by atoms with Crippen LogP contribution in [0.2, 0.25) is 0 Å². The van der Waals surface area contributed by atoms with Gasteiger partial charge in [0.1, 0.15) is 11.6 Å². The van der Waals surface area contributed by atoms with Crippen molar-refractivity contribution in [2.24, 2.45) is 7.05 Å². The molecule has 0 bridgehead atoms. The second-order valence-corrected chi connectivity index (χ2v) is 6.67. The molecule has 0 spiro atoms. The highest BCUT2D eigenvalue weighted by Crippen LogP contribution is 2.29. The number of benzene rings is 1. The second kappa shape index (κ2) is 6.31. The molecule has 3 heterocycles. The van der Waals surface area contributed by atoms with Gasteiger partial charge in [-0.2, -0.15) is 5.10 Å². The highest BCUT2D eigenvalue weighted by Gasteiger charge is 2.23. The number of nitrogens with zero attached hydrogens (tertiary/aromatic N) is 5. The van der Waals surface area contributed by atoms with Gasteiger partial charge in [-0.05, 0) is 20.3 Å². The van der Waals surface area contributed by atoms with E-state index < -0.39 is 0 Å². The molecule has 0 unspecified atom stereocenters. The van der Waals surface area contributed by atoms with Crippen molar-refractivity contribution in [1.29, 1.82) is 0 Å². The third-order valence-electron chi connectivity index (χ3n) is 4.89. The first-order chi connectivity index (χ1) is 12.1. The molecule has 5 nitrogen and oxygen atoms in total. The van der Waals surface area contributed by atoms with Crippen LogP contribution in [0.1, 0.15) is 22.6 Å². The fourth-order valence-electron chi connectivity index (χ4n) is 3.69. The minimum atomic E-state index is 0.825. The van der Waals surface area contributed by atoms with Crippen molar-refractivity contribution in [3.63, 3.8) is 0 Å². The number of rotatable bonds is 2. The fraction of sp³-hybridized carbons (Fsp3) is 0.350. The monoisotopic (exact) mass is 333 g/mol. The molecule has 0 aliphatic carbocycles. The quantitative estimate of drug-likeness (QED) is 0.723. The van der Waals surface area contributed by atoms with Crippen LogP contribution in [0.5, 0.6) is 0 Å². The average molecular weight is 333 g/mol. The van der Waals surface area contributed by atoms with Crippen LogP contribution in [-0.2, 0) is 19.9 Å². The molecule has 1 aliphatic rings. The minimum absolute atomic E-state index is 0.825. The standard InChI is InChI=1S/C20H23N5/c1-14-13-21-15(2)22-20(14)25-11-9-17-18(10-12-25)23-24(3)19(17)16-7-5-4-6-8-16/h4-8,13H,9-12H2,1-3H3. The van der Waals surface area contributed by atoms with Crippen molar-refractivity contribution >= 4 is 5.82 Å². The largest absolute Gasteiger partial charge is 0.356 e. The van der Waals surface area contributed by atoms with Crippen LogP contribution < -0.4 is 4.90 Å². The van der Waals surface area contributed by atoms with Crippen molar-refractivity contribution in [2.45, 2.75) is 26.7 Å². The summed E-state index contributed by atoms with van der Waals surface area (Å²) in [7, 11) is 2.05. The van der Waals surface area contributed by atoms with E-state index in [4.69, 9.17) is 5.10 Å². The Morgan fingerprint density at radius 1 is 1.00 bits per heavy atom. The number of fused-ring (bicyclic) bond motifs is 1. The zero-order valence-electron chi connectivity index (χ0n) is 15.0. The Bertz CT molecular complexity index is 898. The second-order valence-electron chi connectivity index (χ2n) is 6.67. The molecule has 0 N–H and O–H groups in total. The summed E-state index contributed by atoms with van der Waals surface area (Å²) in [6.45, 7) is 5.93. The molecule has 0 amide bonds. The lowest BCUT2D eigenvalue weighted by molar-refractivity contribution is 0.723. The molecule has 0 radical (unpaired) electrons. The van der Waals surface area contributed by atoms with E-state index in [2.05, 4.69) is 52.1 Å². The Balaban J connectivity index is 1.67. The summed E-state index contributed by atoms with van der Waals surface area (Å²) in [5.41, 5.74) is 6.20. The molecule has 128 valence electrons. The fourth-order valence-corrected chi connectivity index (χ4v) is 3.69. The summed E-state index contributed by atoms with van der Waals surface area (Å²) in [4.78, 5) is 11.3. The van der Waals surface area contributed by atoms with E-state index in [9.17, 15) is 0 Å². The van der Waals surface area contributed by atoms with E-state index in [1.807, 2.05) is 24.9 Å². The van der Waals surface area contributed by atoms with Gasteiger partial charge in [-0.1, -0.05) is 30.3 Å². The van der Waals surface area contributed by atoms with Crippen molar-refractivity contribution in [3.8, 4) is 11.3 Å². The summed E-state index contributed by atoms with van der Waals surface area (Å²) in [5.74, 6) is 1.88. The molecular formula is C20H23N5. The highest BCUT2D eigenvalue weighted by molar-refractivity contribution is 5.65. The lowest BCUT2D eigenvalue weighted by atomic mass is 10.0. The normalized spacial score (nSPS) is 14.3. The van der Waals surface area contributed by atoms with E-state index in [0.29, 0.717) is 0 Å². The maximum Gasteiger partial charge on any atom is 0.135 e. The number of anilines is 1. The van der Waals surface area contributed by atoms with E-state index in [1.54, 1.807) is 0 Å². The van der Waals surface area contributed by atoms with Crippen LogP contribution in [-0.4, -0.2) is 32.8 Å². The van der Waals surface area contributed by atoms with Gasteiger partial charge in [0, 0.05) is 49.4 Å². The third kappa shape index (κ3) is 2.90. The average Bonchev–Trinajstić information content (AvgIpc) is 2.79. The lowest BCUT2D eigenvalue weighted by Gasteiger charge is -2.23. The zero-order valence-corrected chi connectivity index (χ0v) is 15.0. The highest BCUT2D eigenvalue weighted by atomic mass is 15.3. The molecule has 25 heavy (non-hydrogen) atoms. The van der Waals surface area contributed by atoms with Gasteiger partial charge in [0.2, 0.25) is 0 Å². The predicted molar refractivity (Wildman–Crippen MR) is 99.8 cm³/mol. The van der Waals surface area contributed by atoms with Crippen LogP contribution in [0.4, 0.5) is 5.82 Å². The molecular weight excluding hydrogens is 310 g/mol. The van der Waals surface area contributed by atoms with Crippen LogP contribution in [0.25, 0.3) is 11.3 Å². The SMILES string of the molecule is Cc1ncc(C)c(N2CCc3nn(C)c(-c4ccccc4)c3CC2)n1. The van der Waals surface area contributed by atoms with Gasteiger partial charge in [0.25, 0.3) is 0 Å². The molecule has 0 saturated carbocycles. The van der Waals surface area contributed by atoms with Gasteiger partial charge in [0.05, 0.1) is 11.4 Å². The predicted octanol–water partition coefficient (Wildman–Crippen LogP) is 3.10. The summed E-state index contributed by atoms with van der Waals surface area (Å²) in [5, 5.41) is 4.81. The third-order valence-corrected chi connectivity index (χ3v) is 4.89. The number of hydrogen-bond acceptors (Lipinski definition) is 4. The Morgan fingerprint density at radius 3 is 2.56 bits per heavy atom. The summed E-state index contributed by atoms with van der Waals surface area (Å²) >= 11 is 0. The van der Waals surface area contributed by atoms with E-state index >= 15 is 0 Å². The number of aryl methyl sites for hydroxylation is 3. The van der Waals surface area contributed by atoms with Gasteiger partial charge in [-0.15, -0.1) is 0 Å². The summed E-state index contributed by atoms with van der Waals surface area (Å²) in [6.07, 6.45) is 3.84. The van der Waals surface area contributed by atoms with E-state index in [0.717, 1.165) is 43.1 Å². The molecule has 1 aromatic carbocycles. The smallest absolute Gasteiger partial charge is 0.135 e. The minimum Gasteiger partial charge on any atom is -0.356 e. The first-order valence-corrected chi connectivity index (χ1v) is 8.79. The lowest BCUT2D eigenvalue weighted by Crippen LogP contribution is -2.28. The number of hydrogen-bond donors (Lipinski definition) is 0. The topological polar surface area (TPSA) is 46.8 Å². The molecule has 4 rings (SSSR count). The van der Waals surface area contributed by atoms with Gasteiger partial charge >= 0.3 is 0 Å². The Hall–Kier alpha value is -2.69. The Kier molecular flexibility index (Phi) is 3.99. The van der Waals surface area contributed by atoms with Crippen LogP contribution in [0, 0.1) is 13.8 Å². The van der Waals surface area contributed by atoms with Gasteiger partial charge in [-0.3, -0.25) is 4.68 Å². The maximum atomic E-state index is 4.81. The first kappa shape index (κ1) is 15.8. The molecule has 1 aliphatic heterocycles. The molecule has 3 aromatic rings. The molecule has 0 atom stereocenters. The van der Waals surface area contributed by atoms with Gasteiger partial charge in [0.15, 0.2) is 0 Å². The Morgan fingerprint density at radius 2 is 1.76 bits per heavy atom. The first-order valence-electron chi connectivity index (χ1n) is 8.79. The molecule has 5 heteroatoms. The summed E-state index contributed by atoms with van der Waals surface area (Å²) in [6, 6.07) is 10.6. The van der Waals surface area contributed by atoms with Crippen LogP contribution in [0.15, 0.2) is 36.5 Å². The Labute approximate surface area is 148 Å². The van der Waals surface area contributed by atoms with Crippen molar-refractivity contribution in [3.05, 3.63) is 59.2 Å². The van der Waals surface area contributed by atoms with Gasteiger partial charge in [-0.25, -0.2) is 9.97 Å². The van der Waals surface area contributed by atoms with Crippen LogP contribution >= 0.6 is 0 Å². The number of aromatic nitrogens is 4. The maximum absolute atomic E-state index is 4.81. The van der Waals surface area contributed by atoms with Crippen molar-refractivity contribution < 1.29 is 0 Å². The molecule has 0 fully saturated rings. The zero-order chi connectivity index (χ0) is 17.4. The summed E-state index contributed by atoms with van der Waals surface area (Å²) < 4.78 is 2.04. The molecule has 0 saturated heterocycles. The van der Waals surface area contributed by atoms with E-state index in [-0.39, 0.29) is 0 Å².